The molecule has 0 fully saturated rings. The summed E-state index contributed by atoms with van der Waals surface area (Å²) in [5.74, 6) is 0. The Morgan fingerprint density at radius 3 is 3.00 bits per heavy atom. The fourth-order valence-corrected chi connectivity index (χ4v) is 2.27. The van der Waals surface area contributed by atoms with Crippen LogP contribution in [0.25, 0.3) is 0 Å². The molecule has 0 radical (unpaired) electrons. The molecule has 0 saturated carbocycles. The highest BCUT2D eigenvalue weighted by Crippen LogP contribution is 2.17. The highest BCUT2D eigenvalue weighted by atomic mass is 35.5. The molecule has 0 amide bonds. The lowest BCUT2D eigenvalue weighted by molar-refractivity contribution is 0.111. The minimum absolute atomic E-state index is 0.497. The van der Waals surface area contributed by atoms with E-state index in [1.165, 1.54) is 11.3 Å². The summed E-state index contributed by atoms with van der Waals surface area (Å²) in [6.07, 6.45) is 1.48. The molecule has 0 saturated heterocycles. The second-order valence-electron chi connectivity index (χ2n) is 3.09. The molecule has 0 bridgehead atoms. The van der Waals surface area contributed by atoms with Crippen molar-refractivity contribution in [1.29, 1.82) is 0 Å². The molecule has 2 rings (SSSR count). The summed E-state index contributed by atoms with van der Waals surface area (Å²) in [7, 11) is 0. The van der Waals surface area contributed by atoms with E-state index in [4.69, 9.17) is 11.6 Å². The van der Waals surface area contributed by atoms with Crippen LogP contribution in [-0.4, -0.2) is 11.3 Å². The van der Waals surface area contributed by atoms with E-state index >= 15 is 0 Å². The van der Waals surface area contributed by atoms with Gasteiger partial charge in [0.05, 0.1) is 5.01 Å². The zero-order valence-corrected chi connectivity index (χ0v) is 9.39. The second-order valence-corrected chi connectivity index (χ2v) is 4.47. The molecule has 2 nitrogen and oxygen atoms in total. The smallest absolute Gasteiger partial charge is 0.169 e. The third kappa shape index (κ3) is 2.64. The van der Waals surface area contributed by atoms with Gasteiger partial charge in [0.15, 0.2) is 6.29 Å². The van der Waals surface area contributed by atoms with E-state index in [1.54, 1.807) is 5.38 Å². The SMILES string of the molecule is O=Cc1csc(Cc2cccc(Cl)c2)n1. The van der Waals surface area contributed by atoms with Crippen LogP contribution in [0.1, 0.15) is 21.1 Å². The van der Waals surface area contributed by atoms with Crippen LogP contribution in [0.5, 0.6) is 0 Å². The Balaban J connectivity index is 2.18. The van der Waals surface area contributed by atoms with E-state index < -0.39 is 0 Å². The zero-order chi connectivity index (χ0) is 10.7. The van der Waals surface area contributed by atoms with Crippen molar-refractivity contribution in [3.05, 3.63) is 50.9 Å². The predicted octanol–water partition coefficient (Wildman–Crippen LogP) is 3.20. The minimum Gasteiger partial charge on any atom is -0.296 e. The molecule has 4 heteroatoms. The van der Waals surface area contributed by atoms with Crippen molar-refractivity contribution in [2.45, 2.75) is 6.42 Å². The van der Waals surface area contributed by atoms with Crippen molar-refractivity contribution < 1.29 is 4.79 Å². The maximum absolute atomic E-state index is 10.4. The van der Waals surface area contributed by atoms with Gasteiger partial charge in [-0.1, -0.05) is 23.7 Å². The summed E-state index contributed by atoms with van der Waals surface area (Å²) >= 11 is 7.36. The first kappa shape index (κ1) is 10.3. The van der Waals surface area contributed by atoms with Gasteiger partial charge in [-0.05, 0) is 17.7 Å². The molecule has 0 aliphatic rings. The quantitative estimate of drug-likeness (QED) is 0.768. The average molecular weight is 238 g/mol. The summed E-state index contributed by atoms with van der Waals surface area (Å²) < 4.78 is 0. The largest absolute Gasteiger partial charge is 0.296 e. The highest BCUT2D eigenvalue weighted by molar-refractivity contribution is 7.09. The molecule has 0 aliphatic heterocycles. The average Bonchev–Trinajstić information content (AvgIpc) is 2.65. The first-order chi connectivity index (χ1) is 7.28. The number of aldehydes is 1. The molecule has 0 aliphatic carbocycles. The van der Waals surface area contributed by atoms with E-state index in [1.807, 2.05) is 24.3 Å². The number of thiazole rings is 1. The topological polar surface area (TPSA) is 30.0 Å². The van der Waals surface area contributed by atoms with E-state index in [0.717, 1.165) is 28.3 Å². The summed E-state index contributed by atoms with van der Waals surface area (Å²) in [4.78, 5) is 14.6. The van der Waals surface area contributed by atoms with Gasteiger partial charge in [0.25, 0.3) is 0 Å². The van der Waals surface area contributed by atoms with Gasteiger partial charge in [0.1, 0.15) is 5.69 Å². The lowest BCUT2D eigenvalue weighted by Gasteiger charge is -1.97. The number of carbonyl (C=O) groups excluding carboxylic acids is 1. The van der Waals surface area contributed by atoms with Crippen LogP contribution < -0.4 is 0 Å². The van der Waals surface area contributed by atoms with Gasteiger partial charge in [-0.2, -0.15) is 0 Å². The Labute approximate surface area is 96.5 Å². The lowest BCUT2D eigenvalue weighted by Crippen LogP contribution is -1.88. The Morgan fingerprint density at radius 1 is 1.47 bits per heavy atom. The number of halogens is 1. The number of hydrogen-bond donors (Lipinski definition) is 0. The number of carbonyl (C=O) groups is 1. The highest BCUT2D eigenvalue weighted by Gasteiger charge is 2.02. The van der Waals surface area contributed by atoms with Crippen molar-refractivity contribution in [3.8, 4) is 0 Å². The third-order valence-corrected chi connectivity index (χ3v) is 3.04. The van der Waals surface area contributed by atoms with E-state index in [0.29, 0.717) is 5.69 Å². The van der Waals surface area contributed by atoms with E-state index in [9.17, 15) is 4.79 Å². The Morgan fingerprint density at radius 2 is 2.33 bits per heavy atom. The van der Waals surface area contributed by atoms with Crippen LogP contribution in [-0.2, 0) is 6.42 Å². The monoisotopic (exact) mass is 237 g/mol. The van der Waals surface area contributed by atoms with Gasteiger partial charge >= 0.3 is 0 Å². The van der Waals surface area contributed by atoms with Gasteiger partial charge in [-0.3, -0.25) is 4.79 Å². The molecule has 2 aromatic rings. The summed E-state index contributed by atoms with van der Waals surface area (Å²) in [6, 6.07) is 7.65. The second kappa shape index (κ2) is 4.55. The van der Waals surface area contributed by atoms with Gasteiger partial charge in [-0.25, -0.2) is 4.98 Å². The molecule has 1 aromatic carbocycles. The number of hydrogen-bond acceptors (Lipinski definition) is 3. The van der Waals surface area contributed by atoms with Crippen LogP contribution in [0.2, 0.25) is 5.02 Å². The minimum atomic E-state index is 0.497. The van der Waals surface area contributed by atoms with Crippen LogP contribution >= 0.6 is 22.9 Å². The van der Waals surface area contributed by atoms with E-state index in [-0.39, 0.29) is 0 Å². The van der Waals surface area contributed by atoms with Crippen LogP contribution in [0.4, 0.5) is 0 Å². The van der Waals surface area contributed by atoms with Gasteiger partial charge in [0, 0.05) is 16.8 Å². The summed E-state index contributed by atoms with van der Waals surface area (Å²) in [6.45, 7) is 0. The predicted molar refractivity (Wildman–Crippen MR) is 61.8 cm³/mol. The van der Waals surface area contributed by atoms with Crippen molar-refractivity contribution in [2.75, 3.05) is 0 Å². The Kier molecular flexibility index (Phi) is 3.14. The van der Waals surface area contributed by atoms with Gasteiger partial charge in [0.2, 0.25) is 0 Å². The normalized spacial score (nSPS) is 10.2. The molecular weight excluding hydrogens is 230 g/mol. The van der Waals surface area contributed by atoms with Crippen molar-refractivity contribution in [2.24, 2.45) is 0 Å². The molecular formula is C11H8ClNOS. The Bertz CT molecular complexity index is 481. The maximum atomic E-state index is 10.4. The Hall–Kier alpha value is -1.19. The third-order valence-electron chi connectivity index (χ3n) is 1.93. The zero-order valence-electron chi connectivity index (χ0n) is 7.81. The molecule has 76 valence electrons. The fraction of sp³-hybridized carbons (Fsp3) is 0.0909. The number of benzene rings is 1. The van der Waals surface area contributed by atoms with Crippen molar-refractivity contribution in [1.82, 2.24) is 4.98 Å². The standard InChI is InChI=1S/C11H8ClNOS/c12-9-3-1-2-8(4-9)5-11-13-10(6-14)7-15-11/h1-4,6-7H,5H2. The molecule has 0 N–H and O–H groups in total. The molecule has 0 spiro atoms. The molecule has 0 unspecified atom stereocenters. The van der Waals surface area contributed by atoms with Crippen molar-refractivity contribution >= 4 is 29.2 Å². The van der Waals surface area contributed by atoms with Crippen LogP contribution in [0.3, 0.4) is 0 Å². The van der Waals surface area contributed by atoms with Gasteiger partial charge < -0.3 is 0 Å². The summed E-state index contributed by atoms with van der Waals surface area (Å²) in [5, 5.41) is 3.41. The molecule has 0 atom stereocenters. The lowest BCUT2D eigenvalue weighted by atomic mass is 10.2. The van der Waals surface area contributed by atoms with Crippen LogP contribution in [0.15, 0.2) is 29.6 Å². The summed E-state index contributed by atoms with van der Waals surface area (Å²) in [5.41, 5.74) is 1.60. The number of aromatic nitrogens is 1. The first-order valence-electron chi connectivity index (χ1n) is 4.42. The molecule has 15 heavy (non-hydrogen) atoms. The fourth-order valence-electron chi connectivity index (χ4n) is 1.28. The maximum Gasteiger partial charge on any atom is 0.169 e. The van der Waals surface area contributed by atoms with Crippen LogP contribution in [0, 0.1) is 0 Å². The molecule has 1 heterocycles. The van der Waals surface area contributed by atoms with Crippen molar-refractivity contribution in [3.63, 3.8) is 0 Å². The molecule has 1 aromatic heterocycles. The number of nitrogens with zero attached hydrogens (tertiary/aromatic N) is 1. The number of rotatable bonds is 3. The van der Waals surface area contributed by atoms with Gasteiger partial charge in [-0.15, -0.1) is 11.3 Å². The van der Waals surface area contributed by atoms with E-state index in [2.05, 4.69) is 4.98 Å². The first-order valence-corrected chi connectivity index (χ1v) is 5.68.